The lowest BCUT2D eigenvalue weighted by molar-refractivity contribution is 0.398. The molecule has 2 rings (SSSR count). The monoisotopic (exact) mass is 268 g/mol. The van der Waals surface area contributed by atoms with Crippen LogP contribution in [0.4, 0.5) is 11.8 Å². The number of nitrogens with two attached hydrogens (primary N) is 1. The van der Waals surface area contributed by atoms with Crippen LogP contribution in [0, 0.1) is 0 Å². The molecule has 5 nitrogen and oxygen atoms in total. The average molecular weight is 268 g/mol. The van der Waals surface area contributed by atoms with Gasteiger partial charge in [-0.2, -0.15) is 21.7 Å². The molecule has 0 aliphatic heterocycles. The first-order chi connectivity index (χ1) is 8.72. The topological polar surface area (TPSA) is 73.1 Å². The van der Waals surface area contributed by atoms with Crippen molar-refractivity contribution in [3.63, 3.8) is 0 Å². The summed E-state index contributed by atoms with van der Waals surface area (Å²) in [6, 6.07) is 2.26. The summed E-state index contributed by atoms with van der Waals surface area (Å²) in [5.41, 5.74) is 5.66. The van der Waals surface area contributed by atoms with Crippen LogP contribution in [0.15, 0.2) is 6.07 Å². The molecule has 0 saturated heterocycles. The number of aromatic nitrogens is 2. The van der Waals surface area contributed by atoms with Gasteiger partial charge in [0.25, 0.3) is 0 Å². The van der Waals surface area contributed by atoms with E-state index in [0.717, 1.165) is 11.6 Å². The van der Waals surface area contributed by atoms with E-state index in [0.29, 0.717) is 17.2 Å². The predicted octanol–water partition coefficient (Wildman–Crippen LogP) is 2.15. The fourth-order valence-corrected chi connectivity index (χ4v) is 3.51. The minimum atomic E-state index is 0.245. The molecule has 1 heterocycles. The summed E-state index contributed by atoms with van der Waals surface area (Å²) >= 11 is 2.01. The van der Waals surface area contributed by atoms with Crippen LogP contribution in [0.1, 0.15) is 26.2 Å². The van der Waals surface area contributed by atoms with Crippen molar-refractivity contribution in [2.45, 2.75) is 37.5 Å². The molecule has 1 aliphatic carbocycles. The van der Waals surface area contributed by atoms with Crippen molar-refractivity contribution in [3.8, 4) is 5.88 Å². The Balaban J connectivity index is 2.06. The van der Waals surface area contributed by atoms with Gasteiger partial charge in [0.2, 0.25) is 11.8 Å². The summed E-state index contributed by atoms with van der Waals surface area (Å²) in [5.74, 6) is 2.66. The molecule has 2 unspecified atom stereocenters. The van der Waals surface area contributed by atoms with Crippen LogP contribution in [-0.4, -0.2) is 34.1 Å². The van der Waals surface area contributed by atoms with Crippen molar-refractivity contribution in [2.75, 3.05) is 23.9 Å². The largest absolute Gasteiger partial charge is 0.481 e. The number of methoxy groups -OCH3 is 1. The van der Waals surface area contributed by atoms with Crippen molar-refractivity contribution in [1.82, 2.24) is 9.97 Å². The van der Waals surface area contributed by atoms with E-state index in [4.69, 9.17) is 10.5 Å². The fourth-order valence-electron chi connectivity index (χ4n) is 2.32. The highest BCUT2D eigenvalue weighted by Gasteiger charge is 2.27. The van der Waals surface area contributed by atoms with E-state index in [1.807, 2.05) is 11.8 Å². The lowest BCUT2D eigenvalue weighted by Crippen LogP contribution is -2.26. The van der Waals surface area contributed by atoms with Gasteiger partial charge in [-0.1, -0.05) is 13.3 Å². The second-order valence-corrected chi connectivity index (χ2v) is 5.85. The standard InChI is InChI=1S/C12H20N4OS/c1-3-18-9-6-4-5-8(9)14-10-7-11(17-2)16-12(13)15-10/h7-9H,3-6H2,1-2H3,(H3,13,14,15,16). The van der Waals surface area contributed by atoms with Crippen LogP contribution < -0.4 is 15.8 Å². The van der Waals surface area contributed by atoms with Crippen molar-refractivity contribution < 1.29 is 4.74 Å². The van der Waals surface area contributed by atoms with Crippen molar-refractivity contribution in [3.05, 3.63) is 6.07 Å². The van der Waals surface area contributed by atoms with E-state index in [-0.39, 0.29) is 5.95 Å². The van der Waals surface area contributed by atoms with Gasteiger partial charge in [0.15, 0.2) is 0 Å². The van der Waals surface area contributed by atoms with Gasteiger partial charge in [-0.05, 0) is 18.6 Å². The minimum absolute atomic E-state index is 0.245. The van der Waals surface area contributed by atoms with Crippen molar-refractivity contribution in [1.29, 1.82) is 0 Å². The van der Waals surface area contributed by atoms with Gasteiger partial charge in [-0.25, -0.2) is 0 Å². The zero-order valence-electron chi connectivity index (χ0n) is 10.8. The molecule has 1 saturated carbocycles. The molecule has 18 heavy (non-hydrogen) atoms. The van der Waals surface area contributed by atoms with Gasteiger partial charge in [-0.3, -0.25) is 0 Å². The highest BCUT2D eigenvalue weighted by molar-refractivity contribution is 7.99. The Morgan fingerprint density at radius 3 is 3.06 bits per heavy atom. The molecule has 0 bridgehead atoms. The summed E-state index contributed by atoms with van der Waals surface area (Å²) in [5, 5.41) is 4.12. The molecule has 1 aromatic heterocycles. The van der Waals surface area contributed by atoms with E-state index >= 15 is 0 Å². The van der Waals surface area contributed by atoms with E-state index in [1.54, 1.807) is 13.2 Å². The Bertz CT molecular complexity index is 402. The summed E-state index contributed by atoms with van der Waals surface area (Å²) in [6.07, 6.45) is 3.73. The number of anilines is 2. The molecule has 3 N–H and O–H groups in total. The van der Waals surface area contributed by atoms with Crippen LogP contribution in [0.5, 0.6) is 5.88 Å². The lowest BCUT2D eigenvalue weighted by Gasteiger charge is -2.20. The Labute approximate surface area is 112 Å². The van der Waals surface area contributed by atoms with Gasteiger partial charge >= 0.3 is 0 Å². The van der Waals surface area contributed by atoms with Gasteiger partial charge in [0.1, 0.15) is 5.82 Å². The van der Waals surface area contributed by atoms with Crippen LogP contribution in [0.25, 0.3) is 0 Å². The molecule has 0 radical (unpaired) electrons. The third kappa shape index (κ3) is 3.19. The molecule has 1 fully saturated rings. The van der Waals surface area contributed by atoms with Crippen LogP contribution in [0.3, 0.4) is 0 Å². The first-order valence-electron chi connectivity index (χ1n) is 6.29. The van der Waals surface area contributed by atoms with Crippen LogP contribution in [0.2, 0.25) is 0 Å². The molecular formula is C12H20N4OS. The van der Waals surface area contributed by atoms with E-state index in [2.05, 4.69) is 22.2 Å². The number of nitrogens with zero attached hydrogens (tertiary/aromatic N) is 2. The molecule has 6 heteroatoms. The number of ether oxygens (including phenoxy) is 1. The molecule has 0 aromatic carbocycles. The lowest BCUT2D eigenvalue weighted by atomic mass is 10.2. The molecule has 0 amide bonds. The summed E-state index contributed by atoms with van der Waals surface area (Å²) in [6.45, 7) is 2.20. The number of thioether (sulfide) groups is 1. The number of nitrogens with one attached hydrogen (secondary N) is 1. The van der Waals surface area contributed by atoms with Crippen LogP contribution in [-0.2, 0) is 0 Å². The fraction of sp³-hybridized carbons (Fsp3) is 0.667. The second kappa shape index (κ2) is 6.13. The zero-order valence-corrected chi connectivity index (χ0v) is 11.7. The first kappa shape index (κ1) is 13.3. The van der Waals surface area contributed by atoms with E-state index in [9.17, 15) is 0 Å². The number of hydrogen-bond donors (Lipinski definition) is 2. The maximum absolute atomic E-state index is 5.66. The first-order valence-corrected chi connectivity index (χ1v) is 7.34. The number of nitrogen functional groups attached to an aromatic ring is 1. The summed E-state index contributed by atoms with van der Waals surface area (Å²) in [7, 11) is 1.58. The minimum Gasteiger partial charge on any atom is -0.481 e. The molecular weight excluding hydrogens is 248 g/mol. The van der Waals surface area contributed by atoms with Gasteiger partial charge in [-0.15, -0.1) is 0 Å². The maximum Gasteiger partial charge on any atom is 0.225 e. The number of hydrogen-bond acceptors (Lipinski definition) is 6. The predicted molar refractivity (Wildman–Crippen MR) is 76.2 cm³/mol. The zero-order chi connectivity index (χ0) is 13.0. The number of rotatable bonds is 5. The Morgan fingerprint density at radius 2 is 2.33 bits per heavy atom. The van der Waals surface area contributed by atoms with Gasteiger partial charge < -0.3 is 15.8 Å². The average Bonchev–Trinajstić information content (AvgIpc) is 2.76. The normalized spacial score (nSPS) is 23.0. The third-order valence-electron chi connectivity index (χ3n) is 3.10. The Hall–Kier alpha value is -1.17. The molecule has 2 atom stereocenters. The summed E-state index contributed by atoms with van der Waals surface area (Å²) in [4.78, 5) is 8.19. The molecule has 1 aliphatic rings. The van der Waals surface area contributed by atoms with E-state index < -0.39 is 0 Å². The van der Waals surface area contributed by atoms with Gasteiger partial charge in [0.05, 0.1) is 7.11 Å². The molecule has 0 spiro atoms. The van der Waals surface area contributed by atoms with Gasteiger partial charge in [0, 0.05) is 17.4 Å². The van der Waals surface area contributed by atoms with Crippen LogP contribution >= 0.6 is 11.8 Å². The molecule has 100 valence electrons. The van der Waals surface area contributed by atoms with Crippen molar-refractivity contribution in [2.24, 2.45) is 0 Å². The summed E-state index contributed by atoms with van der Waals surface area (Å²) < 4.78 is 5.10. The Morgan fingerprint density at radius 1 is 1.50 bits per heavy atom. The van der Waals surface area contributed by atoms with Crippen molar-refractivity contribution >= 4 is 23.5 Å². The second-order valence-electron chi connectivity index (χ2n) is 4.33. The van der Waals surface area contributed by atoms with E-state index in [1.165, 1.54) is 19.3 Å². The quantitative estimate of drug-likeness (QED) is 0.852. The molecule has 1 aromatic rings. The highest BCUT2D eigenvalue weighted by atomic mass is 32.2. The maximum atomic E-state index is 5.66. The SMILES string of the molecule is CCSC1CCCC1Nc1cc(OC)nc(N)n1. The highest BCUT2D eigenvalue weighted by Crippen LogP contribution is 2.32. The third-order valence-corrected chi connectivity index (χ3v) is 4.42. The smallest absolute Gasteiger partial charge is 0.225 e. The Kier molecular flexibility index (Phi) is 4.52.